The molecule has 0 aliphatic rings. The zero-order valence-electron chi connectivity index (χ0n) is 10.5. The molecule has 0 aliphatic carbocycles. The minimum atomic E-state index is -4.03. The minimum absolute atomic E-state index is 0.153. The van der Waals surface area contributed by atoms with Crippen molar-refractivity contribution in [1.82, 2.24) is 0 Å². The van der Waals surface area contributed by atoms with E-state index in [4.69, 9.17) is 17.3 Å². The third-order valence-electron chi connectivity index (χ3n) is 2.67. The third kappa shape index (κ3) is 3.02. The summed E-state index contributed by atoms with van der Waals surface area (Å²) in [5.74, 6) is -0.907. The van der Waals surface area contributed by atoms with Crippen LogP contribution in [0.2, 0.25) is 5.02 Å². The number of sulfonamides is 1. The topological polar surface area (TPSA) is 72.2 Å². The summed E-state index contributed by atoms with van der Waals surface area (Å²) in [7, 11) is -4.03. The molecule has 2 aromatic carbocycles. The second-order valence-electron chi connectivity index (χ2n) is 4.26. The van der Waals surface area contributed by atoms with Gasteiger partial charge in [0, 0.05) is 10.7 Å². The van der Waals surface area contributed by atoms with Gasteiger partial charge in [-0.1, -0.05) is 17.7 Å². The fraction of sp³-hybridized carbons (Fsp3) is 0.0769. The Morgan fingerprint density at radius 3 is 2.50 bits per heavy atom. The smallest absolute Gasteiger partial charge is 0.264 e. The van der Waals surface area contributed by atoms with Crippen molar-refractivity contribution in [3.8, 4) is 0 Å². The summed E-state index contributed by atoms with van der Waals surface area (Å²) in [6.45, 7) is 1.79. The van der Waals surface area contributed by atoms with Crippen molar-refractivity contribution >= 4 is 33.0 Å². The summed E-state index contributed by atoms with van der Waals surface area (Å²) < 4.78 is 40.1. The predicted octanol–water partition coefficient (Wildman–Crippen LogP) is 3.17. The maximum absolute atomic E-state index is 13.7. The molecule has 0 saturated heterocycles. The second kappa shape index (κ2) is 5.30. The molecular formula is C13H12ClFN2O2S. The van der Waals surface area contributed by atoms with Crippen LogP contribution in [0.4, 0.5) is 15.8 Å². The molecule has 3 N–H and O–H groups in total. The largest absolute Gasteiger partial charge is 0.399 e. The lowest BCUT2D eigenvalue weighted by atomic mass is 10.2. The fourth-order valence-corrected chi connectivity index (χ4v) is 2.89. The summed E-state index contributed by atoms with van der Waals surface area (Å²) in [4.78, 5) is -0.469. The van der Waals surface area contributed by atoms with E-state index in [0.717, 1.165) is 17.7 Å². The van der Waals surface area contributed by atoms with Gasteiger partial charge in [-0.15, -0.1) is 0 Å². The van der Waals surface area contributed by atoms with E-state index >= 15 is 0 Å². The number of nitrogen functional groups attached to an aromatic ring is 1. The van der Waals surface area contributed by atoms with Gasteiger partial charge in [0.25, 0.3) is 10.0 Å². The first-order valence-electron chi connectivity index (χ1n) is 5.63. The van der Waals surface area contributed by atoms with Crippen molar-refractivity contribution in [2.24, 2.45) is 0 Å². The molecule has 0 spiro atoms. The Morgan fingerprint density at radius 1 is 1.20 bits per heavy atom. The lowest BCUT2D eigenvalue weighted by molar-refractivity contribution is 0.571. The molecule has 0 atom stereocenters. The molecule has 0 aliphatic heterocycles. The highest BCUT2D eigenvalue weighted by molar-refractivity contribution is 7.92. The molecule has 0 heterocycles. The fourth-order valence-electron chi connectivity index (χ4n) is 1.60. The Kier molecular flexibility index (Phi) is 3.87. The zero-order valence-corrected chi connectivity index (χ0v) is 12.1. The number of hydrogen-bond acceptors (Lipinski definition) is 3. The van der Waals surface area contributed by atoms with E-state index in [2.05, 4.69) is 4.72 Å². The molecule has 2 aromatic rings. The van der Waals surface area contributed by atoms with Gasteiger partial charge in [0.1, 0.15) is 10.7 Å². The van der Waals surface area contributed by atoms with Crippen LogP contribution >= 0.6 is 11.6 Å². The van der Waals surface area contributed by atoms with Crippen molar-refractivity contribution < 1.29 is 12.8 Å². The molecule has 0 unspecified atom stereocenters. The van der Waals surface area contributed by atoms with E-state index < -0.39 is 20.7 Å². The van der Waals surface area contributed by atoms with Crippen LogP contribution in [0.15, 0.2) is 41.3 Å². The number of halogens is 2. The Hall–Kier alpha value is -1.79. The first-order chi connectivity index (χ1) is 9.29. The lowest BCUT2D eigenvalue weighted by Gasteiger charge is -2.10. The molecule has 2 rings (SSSR count). The van der Waals surface area contributed by atoms with Gasteiger partial charge < -0.3 is 5.73 Å². The van der Waals surface area contributed by atoms with Gasteiger partial charge in [0.2, 0.25) is 0 Å². The number of aryl methyl sites for hydroxylation is 1. The molecule has 0 radical (unpaired) electrons. The second-order valence-corrected chi connectivity index (χ2v) is 6.32. The Labute approximate surface area is 121 Å². The van der Waals surface area contributed by atoms with Gasteiger partial charge in [-0.2, -0.15) is 0 Å². The van der Waals surface area contributed by atoms with Crippen LogP contribution in [-0.2, 0) is 10.0 Å². The summed E-state index contributed by atoms with van der Waals surface area (Å²) in [6.07, 6.45) is 0. The molecule has 4 nitrogen and oxygen atoms in total. The van der Waals surface area contributed by atoms with Crippen LogP contribution in [-0.4, -0.2) is 8.42 Å². The first kappa shape index (κ1) is 14.6. The number of hydrogen-bond donors (Lipinski definition) is 2. The van der Waals surface area contributed by atoms with Gasteiger partial charge in [0.15, 0.2) is 0 Å². The summed E-state index contributed by atoms with van der Waals surface area (Å²) in [5.41, 5.74) is 6.61. The standard InChI is InChI=1S/C13H12ClFN2O2S/c1-8-2-4-10(7-11(8)14)17-20(18,19)13-5-3-9(16)6-12(13)15/h2-7,17H,16H2,1H3. The predicted molar refractivity (Wildman–Crippen MR) is 77.8 cm³/mol. The number of nitrogens with two attached hydrogens (primary N) is 1. The van der Waals surface area contributed by atoms with Gasteiger partial charge in [-0.3, -0.25) is 4.72 Å². The molecule has 0 saturated carbocycles. The van der Waals surface area contributed by atoms with E-state index in [1.807, 2.05) is 0 Å². The maximum atomic E-state index is 13.7. The van der Waals surface area contributed by atoms with Crippen LogP contribution in [0.5, 0.6) is 0 Å². The van der Waals surface area contributed by atoms with Crippen LogP contribution in [0.3, 0.4) is 0 Å². The zero-order chi connectivity index (χ0) is 14.9. The summed E-state index contributed by atoms with van der Waals surface area (Å²) in [5, 5.41) is 0.419. The number of benzene rings is 2. The third-order valence-corrected chi connectivity index (χ3v) is 4.49. The van der Waals surface area contributed by atoms with Crippen LogP contribution < -0.4 is 10.5 Å². The van der Waals surface area contributed by atoms with E-state index in [1.165, 1.54) is 12.1 Å². The Balaban J connectivity index is 2.38. The van der Waals surface area contributed by atoms with E-state index in [-0.39, 0.29) is 11.4 Å². The monoisotopic (exact) mass is 314 g/mol. The lowest BCUT2D eigenvalue weighted by Crippen LogP contribution is -2.14. The SMILES string of the molecule is Cc1ccc(NS(=O)(=O)c2ccc(N)cc2F)cc1Cl. The van der Waals surface area contributed by atoms with Crippen LogP contribution in [0.25, 0.3) is 0 Å². The van der Waals surface area contributed by atoms with Crippen LogP contribution in [0, 0.1) is 12.7 Å². The molecule has 20 heavy (non-hydrogen) atoms. The van der Waals surface area contributed by atoms with Crippen molar-refractivity contribution in [2.45, 2.75) is 11.8 Å². The molecule has 7 heteroatoms. The molecule has 0 fully saturated rings. The van der Waals surface area contributed by atoms with Crippen molar-refractivity contribution in [3.05, 3.63) is 52.8 Å². The maximum Gasteiger partial charge on any atom is 0.264 e. The summed E-state index contributed by atoms with van der Waals surface area (Å²) in [6, 6.07) is 8.07. The molecule has 0 aromatic heterocycles. The van der Waals surface area contributed by atoms with Crippen LogP contribution in [0.1, 0.15) is 5.56 Å². The van der Waals surface area contributed by atoms with E-state index in [1.54, 1.807) is 19.1 Å². The van der Waals surface area contributed by atoms with Gasteiger partial charge in [-0.05, 0) is 42.8 Å². The number of nitrogens with one attached hydrogen (secondary N) is 1. The Bertz CT molecular complexity index is 763. The average Bonchev–Trinajstić information content (AvgIpc) is 2.33. The van der Waals surface area contributed by atoms with Gasteiger partial charge in [0.05, 0.1) is 5.69 Å². The first-order valence-corrected chi connectivity index (χ1v) is 7.50. The van der Waals surface area contributed by atoms with Crippen molar-refractivity contribution in [1.29, 1.82) is 0 Å². The number of rotatable bonds is 3. The number of anilines is 2. The van der Waals surface area contributed by atoms with E-state index in [9.17, 15) is 12.8 Å². The normalized spacial score (nSPS) is 11.3. The quantitative estimate of drug-likeness (QED) is 0.855. The molecule has 106 valence electrons. The minimum Gasteiger partial charge on any atom is -0.399 e. The summed E-state index contributed by atoms with van der Waals surface area (Å²) >= 11 is 5.92. The molecule has 0 amide bonds. The highest BCUT2D eigenvalue weighted by atomic mass is 35.5. The molecule has 0 bridgehead atoms. The van der Waals surface area contributed by atoms with Gasteiger partial charge >= 0.3 is 0 Å². The van der Waals surface area contributed by atoms with E-state index in [0.29, 0.717) is 5.02 Å². The highest BCUT2D eigenvalue weighted by Gasteiger charge is 2.19. The Morgan fingerprint density at radius 2 is 1.90 bits per heavy atom. The van der Waals surface area contributed by atoms with Crippen molar-refractivity contribution in [2.75, 3.05) is 10.5 Å². The molecular weight excluding hydrogens is 303 g/mol. The highest BCUT2D eigenvalue weighted by Crippen LogP contribution is 2.24. The van der Waals surface area contributed by atoms with Crippen molar-refractivity contribution in [3.63, 3.8) is 0 Å². The van der Waals surface area contributed by atoms with Gasteiger partial charge in [-0.25, -0.2) is 12.8 Å². The average molecular weight is 315 g/mol.